The number of likely N-dealkylation sites (tertiary alicyclic amines) is 1. The van der Waals surface area contributed by atoms with Crippen molar-refractivity contribution in [1.29, 1.82) is 0 Å². The minimum Gasteiger partial charge on any atom is -0.444 e. The molecular formula is C25H31BF6N4O2. The van der Waals surface area contributed by atoms with Crippen molar-refractivity contribution in [2.45, 2.75) is 83.9 Å². The Labute approximate surface area is 218 Å². The predicted molar refractivity (Wildman–Crippen MR) is 133 cm³/mol. The van der Waals surface area contributed by atoms with Gasteiger partial charge in [0.25, 0.3) is 0 Å². The number of benzene rings is 1. The van der Waals surface area contributed by atoms with Crippen LogP contribution in [0.25, 0.3) is 0 Å². The summed E-state index contributed by atoms with van der Waals surface area (Å²) in [7, 11) is 0.649. The van der Waals surface area contributed by atoms with E-state index in [2.05, 4.69) is 9.97 Å². The van der Waals surface area contributed by atoms with Crippen LogP contribution in [0.5, 0.6) is 0 Å². The average molecular weight is 544 g/mol. The van der Waals surface area contributed by atoms with Crippen molar-refractivity contribution in [3.63, 3.8) is 0 Å². The van der Waals surface area contributed by atoms with E-state index in [0.717, 1.165) is 5.46 Å². The fraction of sp³-hybridized carbons (Fsp3) is 0.560. The van der Waals surface area contributed by atoms with Crippen LogP contribution in [0.4, 0.5) is 37.1 Å². The number of alkyl halides is 6. The lowest BCUT2D eigenvalue weighted by atomic mass is 9.75. The fourth-order valence-corrected chi connectivity index (χ4v) is 4.40. The van der Waals surface area contributed by atoms with E-state index in [4.69, 9.17) is 4.74 Å². The van der Waals surface area contributed by atoms with Crippen LogP contribution in [-0.4, -0.2) is 52.5 Å². The lowest BCUT2D eigenvalue weighted by molar-refractivity contribution is -0.143. The van der Waals surface area contributed by atoms with Gasteiger partial charge in [0.05, 0.1) is 17.2 Å². The molecule has 0 unspecified atom stereocenters. The van der Waals surface area contributed by atoms with E-state index in [1.165, 1.54) is 0 Å². The Morgan fingerprint density at radius 3 is 2.05 bits per heavy atom. The predicted octanol–water partition coefficient (Wildman–Crippen LogP) is 5.42. The number of rotatable bonds is 6. The zero-order chi connectivity index (χ0) is 28.5. The normalized spacial score (nSPS) is 18.4. The lowest BCUT2D eigenvalue weighted by Crippen LogP contribution is -2.42. The summed E-state index contributed by atoms with van der Waals surface area (Å²) in [5, 5.41) is 0. The second kappa shape index (κ2) is 11.0. The van der Waals surface area contributed by atoms with Crippen LogP contribution in [0.2, 0.25) is 6.82 Å². The smallest absolute Gasteiger partial charge is 0.416 e. The third-order valence-corrected chi connectivity index (χ3v) is 6.29. The highest BCUT2D eigenvalue weighted by atomic mass is 19.4. The van der Waals surface area contributed by atoms with Crippen molar-refractivity contribution < 1.29 is 35.9 Å². The molecule has 2 atom stereocenters. The van der Waals surface area contributed by atoms with Gasteiger partial charge in [-0.15, -0.1) is 0 Å². The number of carbonyl (C=O) groups excluding carboxylic acids is 1. The molecule has 6 nitrogen and oxygen atoms in total. The van der Waals surface area contributed by atoms with Gasteiger partial charge in [-0.3, -0.25) is 0 Å². The monoisotopic (exact) mass is 544 g/mol. The molecule has 1 aromatic carbocycles. The van der Waals surface area contributed by atoms with Crippen LogP contribution < -0.4 is 10.4 Å². The van der Waals surface area contributed by atoms with E-state index >= 15 is 0 Å². The molecule has 0 bridgehead atoms. The van der Waals surface area contributed by atoms with Crippen molar-refractivity contribution in [3.8, 4) is 0 Å². The molecule has 208 valence electrons. The molecule has 38 heavy (non-hydrogen) atoms. The van der Waals surface area contributed by atoms with Crippen LogP contribution in [0.1, 0.15) is 57.2 Å². The molecule has 0 radical (unpaired) electrons. The van der Waals surface area contributed by atoms with Crippen LogP contribution in [0, 0.1) is 0 Å². The van der Waals surface area contributed by atoms with Gasteiger partial charge in [-0.05, 0) is 62.8 Å². The Hall–Kier alpha value is -2.99. The van der Waals surface area contributed by atoms with Crippen LogP contribution in [0.15, 0.2) is 30.6 Å². The van der Waals surface area contributed by atoms with Gasteiger partial charge in [-0.1, -0.05) is 13.7 Å². The van der Waals surface area contributed by atoms with Crippen molar-refractivity contribution in [3.05, 3.63) is 47.3 Å². The summed E-state index contributed by atoms with van der Waals surface area (Å²) in [5.74, 6) is 0.152. The summed E-state index contributed by atoms with van der Waals surface area (Å²) < 4.78 is 86.5. The molecule has 1 saturated heterocycles. The van der Waals surface area contributed by atoms with Crippen LogP contribution in [-0.2, 0) is 23.6 Å². The molecule has 0 aliphatic carbocycles. The molecule has 0 saturated carbocycles. The minimum atomic E-state index is -4.96. The molecule has 2 heterocycles. The summed E-state index contributed by atoms with van der Waals surface area (Å²) in [5.41, 5.74) is -2.90. The molecule has 13 heteroatoms. The second-order valence-electron chi connectivity index (χ2n) is 10.4. The Morgan fingerprint density at radius 2 is 1.61 bits per heavy atom. The van der Waals surface area contributed by atoms with E-state index in [9.17, 15) is 31.1 Å². The highest BCUT2D eigenvalue weighted by Gasteiger charge is 2.41. The van der Waals surface area contributed by atoms with Crippen molar-refractivity contribution in [2.75, 3.05) is 11.4 Å². The Kier molecular flexibility index (Phi) is 8.57. The first-order chi connectivity index (χ1) is 17.5. The summed E-state index contributed by atoms with van der Waals surface area (Å²) in [4.78, 5) is 24.7. The summed E-state index contributed by atoms with van der Waals surface area (Å²) in [6, 6.07) is 0.817. The van der Waals surface area contributed by atoms with Crippen molar-refractivity contribution in [2.24, 2.45) is 0 Å². The molecule has 0 N–H and O–H groups in total. The van der Waals surface area contributed by atoms with E-state index < -0.39 is 41.2 Å². The van der Waals surface area contributed by atoms with Gasteiger partial charge < -0.3 is 14.5 Å². The molecule has 1 aliphatic rings. The number of amides is 1. The maximum Gasteiger partial charge on any atom is 0.416 e. The maximum absolute atomic E-state index is 13.5. The van der Waals surface area contributed by atoms with E-state index in [0.29, 0.717) is 32.3 Å². The quantitative estimate of drug-likeness (QED) is 0.359. The Morgan fingerprint density at radius 1 is 1.05 bits per heavy atom. The van der Waals surface area contributed by atoms with E-state index in [1.807, 2.05) is 13.7 Å². The molecule has 1 amide bonds. The molecule has 2 aromatic rings. The third kappa shape index (κ3) is 7.31. The standard InChI is InChI=1S/C25H31BF6N4O2/c1-6-19-10-20(14-36(19)22(37)38-23(2,3)4)35(21-33-11-18(26-5)12-34-21)13-15-7-16(24(27,28)29)9-17(8-15)25(30,31)32/h7-9,11-12,19-20,26H,6,10,13-14H2,1-5H3/t19-,20+/m1/s1. The first-order valence-corrected chi connectivity index (χ1v) is 12.4. The number of anilines is 1. The van der Waals surface area contributed by atoms with Gasteiger partial charge in [0.2, 0.25) is 5.95 Å². The maximum atomic E-state index is 13.5. The first kappa shape index (κ1) is 29.6. The number of aromatic nitrogens is 2. The molecule has 1 aliphatic heterocycles. The Balaban J connectivity index is 2.03. The van der Waals surface area contributed by atoms with Gasteiger partial charge >= 0.3 is 18.4 Å². The van der Waals surface area contributed by atoms with Crippen LogP contribution >= 0.6 is 0 Å². The number of carbonyl (C=O) groups is 1. The highest BCUT2D eigenvalue weighted by Crippen LogP contribution is 2.37. The van der Waals surface area contributed by atoms with Gasteiger partial charge in [0.1, 0.15) is 5.60 Å². The van der Waals surface area contributed by atoms with Gasteiger partial charge in [-0.25, -0.2) is 14.8 Å². The van der Waals surface area contributed by atoms with E-state index in [-0.39, 0.29) is 36.7 Å². The molecule has 3 rings (SSSR count). The highest BCUT2D eigenvalue weighted by molar-refractivity contribution is 6.51. The summed E-state index contributed by atoms with van der Waals surface area (Å²) in [6.45, 7) is 8.84. The topological polar surface area (TPSA) is 58.6 Å². The number of hydrogen-bond acceptors (Lipinski definition) is 5. The molecule has 1 fully saturated rings. The Bertz CT molecular complexity index is 1090. The average Bonchev–Trinajstić information content (AvgIpc) is 3.25. The number of ether oxygens (including phenoxy) is 1. The zero-order valence-corrected chi connectivity index (χ0v) is 22.0. The summed E-state index contributed by atoms with van der Waals surface area (Å²) >= 11 is 0. The number of hydrogen-bond donors (Lipinski definition) is 0. The largest absolute Gasteiger partial charge is 0.444 e. The van der Waals surface area contributed by atoms with Crippen LogP contribution in [0.3, 0.4) is 0 Å². The summed E-state index contributed by atoms with van der Waals surface area (Å²) in [6.07, 6.45) is -6.32. The number of nitrogens with zero attached hydrogens (tertiary/aromatic N) is 4. The third-order valence-electron chi connectivity index (χ3n) is 6.29. The van der Waals surface area contributed by atoms with E-state index in [1.54, 1.807) is 43.0 Å². The van der Waals surface area contributed by atoms with Gasteiger partial charge in [-0.2, -0.15) is 26.3 Å². The number of halogens is 6. The second-order valence-corrected chi connectivity index (χ2v) is 10.4. The zero-order valence-electron chi connectivity index (χ0n) is 22.0. The first-order valence-electron chi connectivity index (χ1n) is 12.4. The molecule has 0 spiro atoms. The fourth-order valence-electron chi connectivity index (χ4n) is 4.40. The van der Waals surface area contributed by atoms with Crippen molar-refractivity contribution in [1.82, 2.24) is 14.9 Å². The van der Waals surface area contributed by atoms with Gasteiger partial charge in [0.15, 0.2) is 7.28 Å². The minimum absolute atomic E-state index is 0.104. The van der Waals surface area contributed by atoms with Gasteiger partial charge in [0, 0.05) is 31.5 Å². The van der Waals surface area contributed by atoms with Crippen molar-refractivity contribution >= 4 is 24.8 Å². The molecular weight excluding hydrogens is 513 g/mol. The lowest BCUT2D eigenvalue weighted by Gasteiger charge is -2.30. The SMILES string of the molecule is CBc1cnc(N(Cc2cc(C(F)(F)F)cc(C(F)(F)F)c2)[C@H]2C[C@@H](CC)N(C(=O)OC(C)(C)C)C2)nc1. The molecule has 1 aromatic heterocycles.